The first kappa shape index (κ1) is 16.4. The van der Waals surface area contributed by atoms with Crippen molar-refractivity contribution in [2.75, 3.05) is 13.1 Å². The van der Waals surface area contributed by atoms with Crippen molar-refractivity contribution in [1.29, 1.82) is 5.26 Å². The highest BCUT2D eigenvalue weighted by Crippen LogP contribution is 2.27. The van der Waals surface area contributed by atoms with Crippen LogP contribution in [-0.2, 0) is 11.3 Å². The summed E-state index contributed by atoms with van der Waals surface area (Å²) in [6.45, 7) is 2.76. The van der Waals surface area contributed by atoms with E-state index in [1.807, 2.05) is 36.4 Å². The first-order chi connectivity index (χ1) is 11.8. The Morgan fingerprint density at radius 3 is 2.21 bits per heavy atom. The van der Waals surface area contributed by atoms with Gasteiger partial charge >= 0.3 is 0 Å². The topological polar surface area (TPSA) is 44.1 Å². The van der Waals surface area contributed by atoms with Gasteiger partial charge in [-0.3, -0.25) is 9.69 Å². The van der Waals surface area contributed by atoms with E-state index < -0.39 is 5.92 Å². The molecule has 24 heavy (non-hydrogen) atoms. The molecule has 3 heteroatoms. The van der Waals surface area contributed by atoms with Gasteiger partial charge in [0.15, 0.2) is 5.78 Å². The van der Waals surface area contributed by atoms with Crippen LogP contribution in [0.5, 0.6) is 0 Å². The van der Waals surface area contributed by atoms with Crippen LogP contribution >= 0.6 is 0 Å². The molecule has 0 aliphatic carbocycles. The molecule has 0 spiro atoms. The fourth-order valence-corrected chi connectivity index (χ4v) is 3.40. The van der Waals surface area contributed by atoms with Crippen molar-refractivity contribution in [2.24, 2.45) is 5.92 Å². The van der Waals surface area contributed by atoms with Crippen molar-refractivity contribution >= 4 is 5.78 Å². The molecule has 1 unspecified atom stereocenters. The first-order valence-corrected chi connectivity index (χ1v) is 8.52. The lowest BCUT2D eigenvalue weighted by Gasteiger charge is -2.32. The number of hydrogen-bond donors (Lipinski definition) is 0. The minimum atomic E-state index is -0.628. The van der Waals surface area contributed by atoms with E-state index in [0.717, 1.165) is 38.0 Å². The molecule has 1 heterocycles. The number of hydrogen-bond acceptors (Lipinski definition) is 3. The van der Waals surface area contributed by atoms with Crippen molar-refractivity contribution in [3.05, 3.63) is 71.8 Å². The SMILES string of the molecule is N#CC(C(=O)C1CCN(Cc2ccccc2)CC1)c1ccccc1. The average Bonchev–Trinajstić information content (AvgIpc) is 2.65. The highest BCUT2D eigenvalue weighted by atomic mass is 16.1. The molecule has 0 amide bonds. The Bertz CT molecular complexity index is 698. The van der Waals surface area contributed by atoms with Gasteiger partial charge in [-0.25, -0.2) is 0 Å². The monoisotopic (exact) mass is 318 g/mol. The van der Waals surface area contributed by atoms with Crippen LogP contribution in [0.3, 0.4) is 0 Å². The number of carbonyl (C=O) groups excluding carboxylic acids is 1. The maximum atomic E-state index is 12.8. The van der Waals surface area contributed by atoms with Crippen molar-refractivity contribution in [3.8, 4) is 6.07 Å². The Morgan fingerprint density at radius 1 is 1.04 bits per heavy atom. The summed E-state index contributed by atoms with van der Waals surface area (Å²) in [5.74, 6) is -0.540. The molecule has 0 aromatic heterocycles. The van der Waals surface area contributed by atoms with Gasteiger partial charge in [-0.2, -0.15) is 5.26 Å². The summed E-state index contributed by atoms with van der Waals surface area (Å²) in [5.41, 5.74) is 2.12. The molecule has 2 aromatic carbocycles. The van der Waals surface area contributed by atoms with Crippen molar-refractivity contribution in [2.45, 2.75) is 25.3 Å². The number of Topliss-reactive ketones (excluding diaryl/α,β-unsaturated/α-hetero) is 1. The highest BCUT2D eigenvalue weighted by Gasteiger charge is 2.31. The predicted octanol–water partition coefficient (Wildman–Crippen LogP) is 3.78. The number of piperidine rings is 1. The Morgan fingerprint density at radius 2 is 1.62 bits per heavy atom. The molecule has 1 fully saturated rings. The van der Waals surface area contributed by atoms with E-state index in [2.05, 4.69) is 35.2 Å². The maximum Gasteiger partial charge on any atom is 0.157 e. The van der Waals surface area contributed by atoms with Gasteiger partial charge in [-0.05, 0) is 37.1 Å². The molecule has 2 aromatic rings. The molecule has 0 saturated carbocycles. The van der Waals surface area contributed by atoms with E-state index in [-0.39, 0.29) is 11.7 Å². The fourth-order valence-electron chi connectivity index (χ4n) is 3.40. The zero-order valence-corrected chi connectivity index (χ0v) is 13.8. The molecular formula is C21H22N2O. The molecule has 0 bridgehead atoms. The fraction of sp³-hybridized carbons (Fsp3) is 0.333. The molecule has 3 rings (SSSR count). The first-order valence-electron chi connectivity index (χ1n) is 8.52. The third kappa shape index (κ3) is 3.90. The number of ketones is 1. The van der Waals surface area contributed by atoms with Gasteiger partial charge in [0.05, 0.1) is 6.07 Å². The van der Waals surface area contributed by atoms with E-state index in [1.165, 1.54) is 5.56 Å². The average molecular weight is 318 g/mol. The summed E-state index contributed by atoms with van der Waals surface area (Å²) in [6.07, 6.45) is 1.69. The van der Waals surface area contributed by atoms with Crippen LogP contribution in [0.25, 0.3) is 0 Å². The number of benzene rings is 2. The molecule has 0 radical (unpaired) electrons. The second-order valence-corrected chi connectivity index (χ2v) is 6.41. The maximum absolute atomic E-state index is 12.8. The largest absolute Gasteiger partial charge is 0.299 e. The standard InChI is InChI=1S/C21H22N2O/c22-15-20(18-9-5-2-6-10-18)21(24)19-11-13-23(14-12-19)16-17-7-3-1-4-8-17/h1-10,19-20H,11-14,16H2. The van der Waals surface area contributed by atoms with Gasteiger partial charge < -0.3 is 0 Å². The Labute approximate surface area is 143 Å². The Kier molecular flexibility index (Phi) is 5.40. The van der Waals surface area contributed by atoms with E-state index in [4.69, 9.17) is 0 Å². The van der Waals surface area contributed by atoms with Crippen LogP contribution in [-0.4, -0.2) is 23.8 Å². The van der Waals surface area contributed by atoms with Gasteiger partial charge in [0.2, 0.25) is 0 Å². The van der Waals surface area contributed by atoms with Crippen LogP contribution in [0.4, 0.5) is 0 Å². The van der Waals surface area contributed by atoms with Gasteiger partial charge in [-0.15, -0.1) is 0 Å². The van der Waals surface area contributed by atoms with Crippen LogP contribution in [0.1, 0.15) is 29.9 Å². The second kappa shape index (κ2) is 7.90. The minimum Gasteiger partial charge on any atom is -0.299 e. The Balaban J connectivity index is 1.58. The summed E-state index contributed by atoms with van der Waals surface area (Å²) in [6, 6.07) is 22.0. The van der Waals surface area contributed by atoms with Crippen molar-refractivity contribution < 1.29 is 4.79 Å². The number of carbonyl (C=O) groups is 1. The third-order valence-corrected chi connectivity index (χ3v) is 4.79. The molecule has 1 atom stereocenters. The molecule has 122 valence electrons. The van der Waals surface area contributed by atoms with E-state index in [9.17, 15) is 10.1 Å². The van der Waals surface area contributed by atoms with Crippen LogP contribution in [0, 0.1) is 17.2 Å². The number of nitriles is 1. The van der Waals surface area contributed by atoms with Crippen LogP contribution < -0.4 is 0 Å². The molecule has 1 aliphatic heterocycles. The molecule has 0 N–H and O–H groups in total. The zero-order chi connectivity index (χ0) is 16.8. The van der Waals surface area contributed by atoms with Crippen LogP contribution in [0.2, 0.25) is 0 Å². The van der Waals surface area contributed by atoms with Crippen molar-refractivity contribution in [1.82, 2.24) is 4.90 Å². The summed E-state index contributed by atoms with van der Waals surface area (Å²) in [4.78, 5) is 15.1. The number of likely N-dealkylation sites (tertiary alicyclic amines) is 1. The van der Waals surface area contributed by atoms with Gasteiger partial charge in [0.25, 0.3) is 0 Å². The summed E-state index contributed by atoms with van der Waals surface area (Å²) in [7, 11) is 0. The van der Waals surface area contributed by atoms with Gasteiger partial charge in [-0.1, -0.05) is 60.7 Å². The third-order valence-electron chi connectivity index (χ3n) is 4.79. The molecular weight excluding hydrogens is 296 g/mol. The van der Waals surface area contributed by atoms with Gasteiger partial charge in [0.1, 0.15) is 5.92 Å². The van der Waals surface area contributed by atoms with Gasteiger partial charge in [0, 0.05) is 12.5 Å². The quantitative estimate of drug-likeness (QED) is 0.843. The van der Waals surface area contributed by atoms with Crippen LogP contribution in [0.15, 0.2) is 60.7 Å². The number of nitrogens with zero attached hydrogens (tertiary/aromatic N) is 2. The summed E-state index contributed by atoms with van der Waals surface area (Å²) in [5, 5.41) is 9.45. The predicted molar refractivity (Wildman–Crippen MR) is 94.2 cm³/mol. The lowest BCUT2D eigenvalue weighted by Crippen LogP contribution is -2.37. The minimum absolute atomic E-state index is 0.00174. The van der Waals surface area contributed by atoms with E-state index in [1.54, 1.807) is 0 Å². The zero-order valence-electron chi connectivity index (χ0n) is 13.8. The number of rotatable bonds is 5. The second-order valence-electron chi connectivity index (χ2n) is 6.41. The summed E-state index contributed by atoms with van der Waals surface area (Å²) < 4.78 is 0. The summed E-state index contributed by atoms with van der Waals surface area (Å²) >= 11 is 0. The molecule has 1 saturated heterocycles. The normalized spacial score (nSPS) is 17.1. The lowest BCUT2D eigenvalue weighted by molar-refractivity contribution is -0.124. The van der Waals surface area contributed by atoms with E-state index in [0.29, 0.717) is 0 Å². The molecule has 3 nitrogen and oxygen atoms in total. The lowest BCUT2D eigenvalue weighted by atomic mass is 9.83. The smallest absolute Gasteiger partial charge is 0.157 e. The molecule has 1 aliphatic rings. The highest BCUT2D eigenvalue weighted by molar-refractivity contribution is 5.90. The van der Waals surface area contributed by atoms with E-state index >= 15 is 0 Å². The Hall–Kier alpha value is -2.44. The van der Waals surface area contributed by atoms with Crippen molar-refractivity contribution in [3.63, 3.8) is 0 Å².